The van der Waals surface area contributed by atoms with E-state index in [-0.39, 0.29) is 0 Å². The van der Waals surface area contributed by atoms with Crippen LogP contribution in [0.4, 0.5) is 0 Å². The molecule has 0 saturated heterocycles. The molecule has 1 aliphatic rings. The monoisotopic (exact) mass is 78.1 g/mol. The minimum absolute atomic E-state index is 0.801. The van der Waals surface area contributed by atoms with E-state index in [0.29, 0.717) is 0 Å². The zero-order chi connectivity index (χ0) is 4.57. The first-order valence-electron chi connectivity index (χ1n) is 2.25. The molecule has 1 fully saturated rings. The highest BCUT2D eigenvalue weighted by Crippen LogP contribution is 2.35. The maximum Gasteiger partial charge on any atom is 0.102 e. The van der Waals surface area contributed by atoms with Gasteiger partial charge in [-0.2, -0.15) is 0 Å². The summed E-state index contributed by atoms with van der Waals surface area (Å²) in [6, 6.07) is 0. The Bertz CT molecular complexity index is 83.9. The molecule has 0 aromatic heterocycles. The van der Waals surface area contributed by atoms with Gasteiger partial charge in [-0.15, -0.1) is 5.98 Å². The lowest BCUT2D eigenvalue weighted by Crippen LogP contribution is -1.53. The Morgan fingerprint density at radius 1 is 2.00 bits per heavy atom. The Hall–Kier alpha value is -0.195. The summed E-state index contributed by atoms with van der Waals surface area (Å²) >= 11 is 0. The fourth-order valence-corrected chi connectivity index (χ4v) is 0.527. The normalized spacial score (nSPS) is 37.5. The van der Waals surface area contributed by atoms with Crippen molar-refractivity contribution in [3.63, 3.8) is 0 Å². The first-order chi connectivity index (χ1) is 2.84. The van der Waals surface area contributed by atoms with Crippen molar-refractivity contribution >= 4 is 7.85 Å². The molecule has 1 unspecified atom stereocenters. The number of hydrogen-bond donors (Lipinski definition) is 0. The summed E-state index contributed by atoms with van der Waals surface area (Å²) in [5, 5.41) is 0. The van der Waals surface area contributed by atoms with Gasteiger partial charge in [0, 0.05) is 0 Å². The SMILES string of the molecule is [B]/C=C1\CC1C. The molecular formula is C5H7B. The first-order valence-corrected chi connectivity index (χ1v) is 2.25. The Labute approximate surface area is 39.7 Å². The molecule has 0 amide bonds. The van der Waals surface area contributed by atoms with Gasteiger partial charge in [0.25, 0.3) is 0 Å². The highest BCUT2D eigenvalue weighted by atomic mass is 14.3. The number of rotatable bonds is 0. The Morgan fingerprint density at radius 2 is 2.50 bits per heavy atom. The van der Waals surface area contributed by atoms with E-state index in [2.05, 4.69) is 6.92 Å². The van der Waals surface area contributed by atoms with Gasteiger partial charge in [0.2, 0.25) is 0 Å². The second kappa shape index (κ2) is 1.14. The van der Waals surface area contributed by atoms with E-state index in [9.17, 15) is 0 Å². The molecule has 1 rings (SSSR count). The summed E-state index contributed by atoms with van der Waals surface area (Å²) < 4.78 is 0. The van der Waals surface area contributed by atoms with Crippen LogP contribution in [0.5, 0.6) is 0 Å². The van der Waals surface area contributed by atoms with Crippen molar-refractivity contribution in [1.82, 2.24) is 0 Å². The molecule has 1 aliphatic carbocycles. The van der Waals surface area contributed by atoms with E-state index in [1.807, 2.05) is 0 Å². The molecular weight excluding hydrogens is 70.9 g/mol. The maximum absolute atomic E-state index is 5.16. The molecule has 0 N–H and O–H groups in total. The van der Waals surface area contributed by atoms with Crippen molar-refractivity contribution in [2.24, 2.45) is 5.92 Å². The fourth-order valence-electron chi connectivity index (χ4n) is 0.527. The van der Waals surface area contributed by atoms with E-state index in [1.165, 1.54) is 12.0 Å². The van der Waals surface area contributed by atoms with Crippen LogP contribution in [-0.2, 0) is 0 Å². The summed E-state index contributed by atoms with van der Waals surface area (Å²) in [5.74, 6) is 2.51. The van der Waals surface area contributed by atoms with Crippen molar-refractivity contribution in [3.8, 4) is 0 Å². The summed E-state index contributed by atoms with van der Waals surface area (Å²) in [4.78, 5) is 0. The predicted molar refractivity (Wildman–Crippen MR) is 27.6 cm³/mol. The molecule has 30 valence electrons. The van der Waals surface area contributed by atoms with E-state index in [0.717, 1.165) is 5.92 Å². The van der Waals surface area contributed by atoms with Crippen LogP contribution < -0.4 is 0 Å². The molecule has 0 nitrogen and oxygen atoms in total. The second-order valence-corrected chi connectivity index (χ2v) is 1.85. The molecule has 6 heavy (non-hydrogen) atoms. The van der Waals surface area contributed by atoms with Gasteiger partial charge in [-0.25, -0.2) is 0 Å². The third-order valence-electron chi connectivity index (χ3n) is 1.23. The van der Waals surface area contributed by atoms with Crippen molar-refractivity contribution in [1.29, 1.82) is 0 Å². The van der Waals surface area contributed by atoms with Gasteiger partial charge in [0.05, 0.1) is 0 Å². The summed E-state index contributed by atoms with van der Waals surface area (Å²) in [6.45, 7) is 2.18. The molecule has 0 spiro atoms. The summed E-state index contributed by atoms with van der Waals surface area (Å²) in [6.07, 6.45) is 1.23. The van der Waals surface area contributed by atoms with Gasteiger partial charge in [0.1, 0.15) is 7.85 Å². The van der Waals surface area contributed by atoms with Crippen LogP contribution in [0, 0.1) is 5.92 Å². The van der Waals surface area contributed by atoms with E-state index >= 15 is 0 Å². The topological polar surface area (TPSA) is 0 Å². The zero-order valence-electron chi connectivity index (χ0n) is 3.94. The van der Waals surface area contributed by atoms with E-state index in [1.54, 1.807) is 5.98 Å². The average Bonchev–Trinajstić information content (AvgIpc) is 2.19. The van der Waals surface area contributed by atoms with Crippen molar-refractivity contribution in [2.45, 2.75) is 13.3 Å². The number of hydrogen-bond acceptors (Lipinski definition) is 0. The lowest BCUT2D eigenvalue weighted by Gasteiger charge is -1.64. The molecule has 0 aromatic carbocycles. The van der Waals surface area contributed by atoms with Gasteiger partial charge in [-0.1, -0.05) is 12.5 Å². The van der Waals surface area contributed by atoms with Crippen LogP contribution in [0.1, 0.15) is 13.3 Å². The largest absolute Gasteiger partial charge is 0.132 e. The van der Waals surface area contributed by atoms with Crippen LogP contribution in [0.15, 0.2) is 11.5 Å². The van der Waals surface area contributed by atoms with E-state index < -0.39 is 0 Å². The van der Waals surface area contributed by atoms with Gasteiger partial charge >= 0.3 is 0 Å². The minimum Gasteiger partial charge on any atom is -0.132 e. The van der Waals surface area contributed by atoms with Crippen LogP contribution in [0.3, 0.4) is 0 Å². The molecule has 1 atom stereocenters. The maximum atomic E-state index is 5.16. The first kappa shape index (κ1) is 3.98. The van der Waals surface area contributed by atoms with Crippen molar-refractivity contribution < 1.29 is 0 Å². The molecule has 1 saturated carbocycles. The second-order valence-electron chi connectivity index (χ2n) is 1.85. The third-order valence-corrected chi connectivity index (χ3v) is 1.23. The smallest absolute Gasteiger partial charge is 0.102 e. The summed E-state index contributed by atoms with van der Waals surface area (Å²) in [7, 11) is 5.16. The van der Waals surface area contributed by atoms with Crippen LogP contribution in [0.25, 0.3) is 0 Å². The van der Waals surface area contributed by atoms with Crippen molar-refractivity contribution in [3.05, 3.63) is 11.5 Å². The van der Waals surface area contributed by atoms with E-state index in [4.69, 9.17) is 7.85 Å². The van der Waals surface area contributed by atoms with Crippen molar-refractivity contribution in [2.75, 3.05) is 0 Å². The highest BCUT2D eigenvalue weighted by Gasteiger charge is 2.21. The molecule has 0 aliphatic heterocycles. The third kappa shape index (κ3) is 0.491. The predicted octanol–water partition coefficient (Wildman–Crippen LogP) is 1.08. The van der Waals surface area contributed by atoms with Crippen LogP contribution in [-0.4, -0.2) is 7.85 Å². The average molecular weight is 77.9 g/mol. The molecule has 1 heteroatoms. The van der Waals surface area contributed by atoms with Gasteiger partial charge < -0.3 is 0 Å². The summed E-state index contributed by atoms with van der Waals surface area (Å²) in [5.41, 5.74) is 1.41. The Kier molecular flexibility index (Phi) is 0.757. The lowest BCUT2D eigenvalue weighted by atomic mass is 10.1. The number of allylic oxidation sites excluding steroid dienone is 1. The quantitative estimate of drug-likeness (QED) is 0.380. The Balaban J connectivity index is 2.44. The standard InChI is InChI=1S/C5H7B/c1-4-2-5(4)3-6/h3-4H,2H2,1H3/b5-3+. The highest BCUT2D eigenvalue weighted by molar-refractivity contribution is 6.17. The molecule has 0 heterocycles. The lowest BCUT2D eigenvalue weighted by molar-refractivity contribution is 1.02. The van der Waals surface area contributed by atoms with Gasteiger partial charge in [0.15, 0.2) is 0 Å². The van der Waals surface area contributed by atoms with Gasteiger partial charge in [-0.05, 0) is 12.3 Å². The van der Waals surface area contributed by atoms with Crippen LogP contribution in [0.2, 0.25) is 0 Å². The molecule has 0 bridgehead atoms. The zero-order valence-corrected chi connectivity index (χ0v) is 3.94. The fraction of sp³-hybridized carbons (Fsp3) is 0.600. The van der Waals surface area contributed by atoms with Gasteiger partial charge in [-0.3, -0.25) is 0 Å². The minimum atomic E-state index is 0.801. The molecule has 0 aromatic rings. The molecule has 2 radical (unpaired) electrons. The Morgan fingerprint density at radius 3 is 2.50 bits per heavy atom. The van der Waals surface area contributed by atoms with Crippen LogP contribution >= 0.6 is 0 Å².